The van der Waals surface area contributed by atoms with Crippen LogP contribution in [-0.2, 0) is 16.0 Å². The van der Waals surface area contributed by atoms with Crippen molar-refractivity contribution in [3.05, 3.63) is 60.2 Å². The van der Waals surface area contributed by atoms with E-state index < -0.39 is 41.9 Å². The summed E-state index contributed by atoms with van der Waals surface area (Å²) in [6, 6.07) is 7.34. The van der Waals surface area contributed by atoms with E-state index in [0.29, 0.717) is 6.42 Å². The zero-order valence-corrected chi connectivity index (χ0v) is 20.1. The standard InChI is InChI=1S/C25H30N6O5/c1-14(2)28-25(35)30-18-9-10-31(24(34)20-8-5-11-36-20)21(18)23(33)29-19(22(26)32)12-15-13-27-17-7-4-3-6-16(15)17/h3-8,11,13-14,18-19,21,27H,9-10,12H2,1-2H3,(H2,26,32)(H,29,33)(H2,28,30,35)/t18-,19+,21-/m0/s1. The largest absolute Gasteiger partial charge is 0.459 e. The Kier molecular flexibility index (Phi) is 7.28. The number of carbonyl (C=O) groups is 4. The number of aromatic nitrogens is 1. The van der Waals surface area contributed by atoms with Crippen LogP contribution in [0.2, 0.25) is 0 Å². The molecule has 1 aromatic carbocycles. The summed E-state index contributed by atoms with van der Waals surface area (Å²) in [5, 5.41) is 9.14. The molecular formula is C25H30N6O5. The molecule has 11 nitrogen and oxygen atoms in total. The number of hydrogen-bond acceptors (Lipinski definition) is 5. The lowest BCUT2D eigenvalue weighted by Crippen LogP contribution is -2.59. The molecule has 0 spiro atoms. The lowest BCUT2D eigenvalue weighted by Gasteiger charge is -2.29. The predicted molar refractivity (Wildman–Crippen MR) is 132 cm³/mol. The maximum atomic E-state index is 13.5. The van der Waals surface area contributed by atoms with Gasteiger partial charge in [0, 0.05) is 36.1 Å². The summed E-state index contributed by atoms with van der Waals surface area (Å²) in [5.41, 5.74) is 7.36. The van der Waals surface area contributed by atoms with Gasteiger partial charge in [0.15, 0.2) is 5.76 Å². The Hall–Kier alpha value is -4.28. The number of nitrogens with two attached hydrogens (primary N) is 1. The van der Waals surface area contributed by atoms with Crippen LogP contribution in [0, 0.1) is 0 Å². The second-order valence-corrected chi connectivity index (χ2v) is 9.12. The molecule has 3 aromatic rings. The smallest absolute Gasteiger partial charge is 0.315 e. The Balaban J connectivity index is 1.56. The Morgan fingerprint density at radius 1 is 1.14 bits per heavy atom. The van der Waals surface area contributed by atoms with Crippen LogP contribution < -0.4 is 21.7 Å². The summed E-state index contributed by atoms with van der Waals surface area (Å²) >= 11 is 0. The van der Waals surface area contributed by atoms with Gasteiger partial charge in [-0.05, 0) is 44.0 Å². The molecule has 1 aliphatic heterocycles. The molecule has 1 saturated heterocycles. The number of urea groups is 1. The second-order valence-electron chi connectivity index (χ2n) is 9.12. The zero-order chi connectivity index (χ0) is 25.8. The molecule has 4 rings (SSSR count). The average Bonchev–Trinajstić information content (AvgIpc) is 3.58. The highest BCUT2D eigenvalue weighted by atomic mass is 16.3. The van der Waals surface area contributed by atoms with Crippen molar-refractivity contribution in [1.29, 1.82) is 0 Å². The van der Waals surface area contributed by atoms with Gasteiger partial charge in [-0.1, -0.05) is 18.2 Å². The van der Waals surface area contributed by atoms with Crippen LogP contribution >= 0.6 is 0 Å². The zero-order valence-electron chi connectivity index (χ0n) is 20.1. The number of likely N-dealkylation sites (tertiary alicyclic amines) is 1. The predicted octanol–water partition coefficient (Wildman–Crippen LogP) is 1.26. The van der Waals surface area contributed by atoms with Gasteiger partial charge < -0.3 is 36.0 Å². The molecule has 0 aliphatic carbocycles. The first-order chi connectivity index (χ1) is 17.2. The average molecular weight is 495 g/mol. The van der Waals surface area contributed by atoms with Gasteiger partial charge in [0.1, 0.15) is 12.1 Å². The third-order valence-electron chi connectivity index (χ3n) is 6.15. The van der Waals surface area contributed by atoms with E-state index in [4.69, 9.17) is 10.2 Å². The van der Waals surface area contributed by atoms with Crippen LogP contribution in [0.3, 0.4) is 0 Å². The Labute approximate surface area is 207 Å². The highest BCUT2D eigenvalue weighted by Gasteiger charge is 2.44. The monoisotopic (exact) mass is 494 g/mol. The molecule has 0 unspecified atom stereocenters. The van der Waals surface area contributed by atoms with Crippen molar-refractivity contribution < 1.29 is 23.6 Å². The van der Waals surface area contributed by atoms with E-state index in [2.05, 4.69) is 20.9 Å². The number of primary amides is 1. The fourth-order valence-electron chi connectivity index (χ4n) is 4.51. The molecule has 11 heteroatoms. The van der Waals surface area contributed by atoms with E-state index >= 15 is 0 Å². The fourth-order valence-corrected chi connectivity index (χ4v) is 4.51. The van der Waals surface area contributed by atoms with Gasteiger partial charge in [-0.25, -0.2) is 4.79 Å². The van der Waals surface area contributed by atoms with Crippen LogP contribution in [0.15, 0.2) is 53.3 Å². The molecule has 36 heavy (non-hydrogen) atoms. The molecule has 2 aromatic heterocycles. The van der Waals surface area contributed by atoms with Gasteiger partial charge in [0.2, 0.25) is 11.8 Å². The van der Waals surface area contributed by atoms with Crippen molar-refractivity contribution in [1.82, 2.24) is 25.8 Å². The Morgan fingerprint density at radius 2 is 1.92 bits per heavy atom. The summed E-state index contributed by atoms with van der Waals surface area (Å²) in [5.74, 6) is -1.71. The normalized spacial score (nSPS) is 18.2. The van der Waals surface area contributed by atoms with E-state index in [1.54, 1.807) is 12.3 Å². The van der Waals surface area contributed by atoms with Crippen molar-refractivity contribution in [3.8, 4) is 0 Å². The van der Waals surface area contributed by atoms with Crippen LogP contribution in [0.25, 0.3) is 10.9 Å². The first kappa shape index (κ1) is 24.8. The van der Waals surface area contributed by atoms with Gasteiger partial charge in [0.05, 0.1) is 12.3 Å². The number of carbonyl (C=O) groups excluding carboxylic acids is 4. The number of nitrogens with one attached hydrogen (secondary N) is 4. The van der Waals surface area contributed by atoms with Crippen LogP contribution in [0.1, 0.15) is 36.4 Å². The number of rotatable bonds is 8. The summed E-state index contributed by atoms with van der Waals surface area (Å²) in [6.45, 7) is 3.84. The third kappa shape index (κ3) is 5.35. The minimum absolute atomic E-state index is 0.0744. The molecule has 0 bridgehead atoms. The minimum Gasteiger partial charge on any atom is -0.459 e. The maximum absolute atomic E-state index is 13.5. The Morgan fingerprint density at radius 3 is 2.61 bits per heavy atom. The van der Waals surface area contributed by atoms with E-state index in [-0.39, 0.29) is 24.8 Å². The highest BCUT2D eigenvalue weighted by Crippen LogP contribution is 2.23. The van der Waals surface area contributed by atoms with Crippen molar-refractivity contribution in [2.45, 2.75) is 50.9 Å². The van der Waals surface area contributed by atoms with E-state index in [9.17, 15) is 19.2 Å². The quantitative estimate of drug-likeness (QED) is 0.318. The van der Waals surface area contributed by atoms with Crippen molar-refractivity contribution in [3.63, 3.8) is 0 Å². The lowest BCUT2D eigenvalue weighted by atomic mass is 10.0. The Bertz CT molecular complexity index is 1250. The summed E-state index contributed by atoms with van der Waals surface area (Å²) in [6.07, 6.45) is 3.65. The number of aromatic amines is 1. The van der Waals surface area contributed by atoms with Gasteiger partial charge in [-0.3, -0.25) is 14.4 Å². The van der Waals surface area contributed by atoms with Gasteiger partial charge in [-0.2, -0.15) is 0 Å². The molecule has 0 saturated carbocycles. The van der Waals surface area contributed by atoms with Gasteiger partial charge in [0.25, 0.3) is 5.91 Å². The number of para-hydroxylation sites is 1. The maximum Gasteiger partial charge on any atom is 0.315 e. The number of nitrogens with zero attached hydrogens (tertiary/aromatic N) is 1. The molecule has 1 aliphatic rings. The number of fused-ring (bicyclic) bond motifs is 1. The molecule has 3 heterocycles. The molecular weight excluding hydrogens is 464 g/mol. The van der Waals surface area contributed by atoms with Crippen molar-refractivity contribution >= 4 is 34.7 Å². The topological polar surface area (TPSA) is 163 Å². The third-order valence-corrected chi connectivity index (χ3v) is 6.15. The van der Waals surface area contributed by atoms with Crippen LogP contribution in [0.4, 0.5) is 4.79 Å². The van der Waals surface area contributed by atoms with Crippen molar-refractivity contribution in [2.24, 2.45) is 5.73 Å². The van der Waals surface area contributed by atoms with Crippen LogP contribution in [-0.4, -0.2) is 64.3 Å². The number of amides is 5. The number of benzene rings is 1. The molecule has 3 atom stereocenters. The molecule has 0 radical (unpaired) electrons. The fraction of sp³-hybridized carbons (Fsp3) is 0.360. The number of furan rings is 1. The molecule has 5 amide bonds. The molecule has 190 valence electrons. The highest BCUT2D eigenvalue weighted by molar-refractivity contribution is 5.98. The summed E-state index contributed by atoms with van der Waals surface area (Å²) in [7, 11) is 0. The van der Waals surface area contributed by atoms with Crippen molar-refractivity contribution in [2.75, 3.05) is 6.54 Å². The van der Waals surface area contributed by atoms with Gasteiger partial charge in [-0.15, -0.1) is 0 Å². The van der Waals surface area contributed by atoms with E-state index in [1.807, 2.05) is 38.1 Å². The number of hydrogen-bond donors (Lipinski definition) is 5. The summed E-state index contributed by atoms with van der Waals surface area (Å²) in [4.78, 5) is 55.8. The molecule has 6 N–H and O–H groups in total. The van der Waals surface area contributed by atoms with Crippen LogP contribution in [0.5, 0.6) is 0 Å². The van der Waals surface area contributed by atoms with E-state index in [0.717, 1.165) is 16.5 Å². The first-order valence-corrected chi connectivity index (χ1v) is 11.8. The first-order valence-electron chi connectivity index (χ1n) is 11.8. The minimum atomic E-state index is -1.06. The van der Waals surface area contributed by atoms with Gasteiger partial charge >= 0.3 is 6.03 Å². The lowest BCUT2D eigenvalue weighted by molar-refractivity contribution is -0.130. The summed E-state index contributed by atoms with van der Waals surface area (Å²) < 4.78 is 5.23. The van der Waals surface area contributed by atoms with E-state index in [1.165, 1.54) is 17.2 Å². The molecule has 1 fully saturated rings. The number of H-pyrrole nitrogens is 1. The SMILES string of the molecule is CC(C)NC(=O)N[C@H]1CCN(C(=O)c2ccco2)[C@@H]1C(=O)N[C@H](Cc1c[nH]c2ccccc12)C(N)=O. The second kappa shape index (κ2) is 10.5.